The highest BCUT2D eigenvalue weighted by Crippen LogP contribution is 2.34. The van der Waals surface area contributed by atoms with Crippen molar-refractivity contribution in [3.05, 3.63) is 107 Å². The van der Waals surface area contributed by atoms with Crippen LogP contribution in [0.2, 0.25) is 0 Å². The highest BCUT2D eigenvalue weighted by atomic mass is 79.9. The molecule has 2 amide bonds. The number of carboxylic acids is 1. The Hall–Kier alpha value is -4.11. The molecule has 3 aromatic rings. The summed E-state index contributed by atoms with van der Waals surface area (Å²) >= 11 is 3.31. The normalized spacial score (nSPS) is 12.5. The minimum atomic E-state index is -1.32. The lowest BCUT2D eigenvalue weighted by Gasteiger charge is -2.26. The molecule has 34 heavy (non-hydrogen) atoms. The minimum Gasteiger partial charge on any atom is -0.508 e. The zero-order valence-corrected chi connectivity index (χ0v) is 19.2. The second-order valence-corrected chi connectivity index (χ2v) is 7.86. The van der Waals surface area contributed by atoms with Crippen LogP contribution in [-0.4, -0.2) is 34.3 Å². The number of carboxylic acid groups (broad SMARTS) is 1. The van der Waals surface area contributed by atoms with Crippen LogP contribution in [0, 0.1) is 0 Å². The van der Waals surface area contributed by atoms with E-state index in [0.717, 1.165) is 6.08 Å². The number of alkyl carbamates (subject to hydrolysis) is 1. The number of imide groups is 1. The molecule has 0 aromatic heterocycles. The Kier molecular flexibility index (Phi) is 8.42. The van der Waals surface area contributed by atoms with E-state index in [4.69, 9.17) is 14.6 Å². The maximum absolute atomic E-state index is 12.7. The zero-order chi connectivity index (χ0) is 24.5. The number of para-hydroxylation sites is 1. The van der Waals surface area contributed by atoms with E-state index < -0.39 is 30.2 Å². The topological polar surface area (TPSA) is 122 Å². The van der Waals surface area contributed by atoms with Crippen LogP contribution in [0.15, 0.2) is 95.5 Å². The number of aliphatic carboxylic acids is 1. The van der Waals surface area contributed by atoms with E-state index >= 15 is 0 Å². The van der Waals surface area contributed by atoms with Crippen LogP contribution in [0.3, 0.4) is 0 Å². The van der Waals surface area contributed by atoms with E-state index in [2.05, 4.69) is 21.2 Å². The van der Waals surface area contributed by atoms with E-state index in [9.17, 15) is 19.5 Å². The molecule has 3 N–H and O–H groups in total. The lowest BCUT2D eigenvalue weighted by Crippen LogP contribution is -2.36. The number of aromatic hydroxyl groups is 1. The number of ether oxygens (including phenoxy) is 2. The first-order valence-corrected chi connectivity index (χ1v) is 10.8. The molecular formula is C25H20BrNO7. The van der Waals surface area contributed by atoms with Crippen LogP contribution in [0.5, 0.6) is 11.5 Å². The quantitative estimate of drug-likeness (QED) is 0.359. The van der Waals surface area contributed by atoms with Gasteiger partial charge in [-0.1, -0.05) is 52.3 Å². The number of rotatable bonds is 8. The number of hydrogen-bond donors (Lipinski definition) is 3. The predicted octanol–water partition coefficient (Wildman–Crippen LogP) is 4.85. The van der Waals surface area contributed by atoms with Gasteiger partial charge in [-0.05, 0) is 48.5 Å². The van der Waals surface area contributed by atoms with Gasteiger partial charge in [-0.3, -0.25) is 10.1 Å². The third kappa shape index (κ3) is 6.94. The number of carbonyl (C=O) groups excluding carboxylic acids is 2. The van der Waals surface area contributed by atoms with Crippen molar-refractivity contribution in [1.29, 1.82) is 0 Å². The maximum atomic E-state index is 12.7. The zero-order valence-electron chi connectivity index (χ0n) is 17.6. The van der Waals surface area contributed by atoms with Gasteiger partial charge in [-0.15, -0.1) is 0 Å². The van der Waals surface area contributed by atoms with Crippen LogP contribution in [0.4, 0.5) is 4.79 Å². The summed E-state index contributed by atoms with van der Waals surface area (Å²) in [4.78, 5) is 36.2. The first kappa shape index (κ1) is 24.5. The second-order valence-electron chi connectivity index (χ2n) is 6.94. The second kappa shape index (κ2) is 11.7. The Labute approximate surface area is 203 Å². The van der Waals surface area contributed by atoms with Crippen molar-refractivity contribution in [3.8, 4) is 11.5 Å². The van der Waals surface area contributed by atoms with E-state index in [1.54, 1.807) is 54.6 Å². The van der Waals surface area contributed by atoms with Crippen LogP contribution in [-0.2, 0) is 9.53 Å². The predicted molar refractivity (Wildman–Crippen MR) is 127 cm³/mol. The molecular weight excluding hydrogens is 506 g/mol. The maximum Gasteiger partial charge on any atom is 0.414 e. The molecule has 0 aliphatic heterocycles. The molecule has 3 aromatic carbocycles. The summed E-state index contributed by atoms with van der Waals surface area (Å²) in [6, 6.07) is 21.0. The summed E-state index contributed by atoms with van der Waals surface area (Å²) in [5.74, 6) is -1.79. The van der Waals surface area contributed by atoms with Crippen molar-refractivity contribution in [2.45, 2.75) is 12.2 Å². The van der Waals surface area contributed by atoms with Crippen LogP contribution in [0.25, 0.3) is 0 Å². The van der Waals surface area contributed by atoms with Crippen LogP contribution < -0.4 is 10.1 Å². The molecule has 0 heterocycles. The summed E-state index contributed by atoms with van der Waals surface area (Å²) in [5.41, 5.74) is 0.372. The van der Waals surface area contributed by atoms with Gasteiger partial charge in [0.25, 0.3) is 5.91 Å². The summed E-state index contributed by atoms with van der Waals surface area (Å²) in [5, 5.41) is 21.7. The molecule has 0 spiro atoms. The molecule has 0 unspecified atom stereocenters. The SMILES string of the molecule is O=C(O)/C=C/[C@@H](Oc1ccccc1)[C@H](OC(=O)NC(=O)c1ccccc1)c1cc(Br)ccc1O. The molecule has 2 atom stereocenters. The van der Waals surface area contributed by atoms with Gasteiger partial charge in [0, 0.05) is 21.7 Å². The number of carbonyl (C=O) groups is 3. The molecule has 0 bridgehead atoms. The molecule has 3 rings (SSSR count). The largest absolute Gasteiger partial charge is 0.508 e. The van der Waals surface area contributed by atoms with Crippen LogP contribution in [0.1, 0.15) is 22.0 Å². The average Bonchev–Trinajstić information content (AvgIpc) is 2.83. The van der Waals surface area contributed by atoms with Gasteiger partial charge in [-0.25, -0.2) is 9.59 Å². The fourth-order valence-corrected chi connectivity index (χ4v) is 3.37. The third-order valence-electron chi connectivity index (χ3n) is 4.52. The number of phenols is 1. The highest BCUT2D eigenvalue weighted by Gasteiger charge is 2.31. The summed E-state index contributed by atoms with van der Waals surface area (Å²) in [6.45, 7) is 0. The van der Waals surface area contributed by atoms with Crippen molar-refractivity contribution in [2.75, 3.05) is 0 Å². The Morgan fingerprint density at radius 1 is 0.941 bits per heavy atom. The molecule has 0 aliphatic carbocycles. The minimum absolute atomic E-state index is 0.132. The van der Waals surface area contributed by atoms with Crippen molar-refractivity contribution in [1.82, 2.24) is 5.32 Å². The molecule has 0 saturated carbocycles. The fourth-order valence-electron chi connectivity index (χ4n) is 3.00. The number of halogens is 1. The van der Waals surface area contributed by atoms with Crippen molar-refractivity contribution < 1.29 is 34.1 Å². The van der Waals surface area contributed by atoms with Gasteiger partial charge in [0.1, 0.15) is 11.5 Å². The number of phenolic OH excluding ortho intramolecular Hbond substituents is 1. The van der Waals surface area contributed by atoms with E-state index in [1.165, 1.54) is 30.3 Å². The molecule has 0 saturated heterocycles. The Bertz CT molecular complexity index is 1180. The van der Waals surface area contributed by atoms with Gasteiger partial charge < -0.3 is 19.7 Å². The van der Waals surface area contributed by atoms with Gasteiger partial charge in [0.05, 0.1) is 0 Å². The Morgan fingerprint density at radius 2 is 1.59 bits per heavy atom. The lowest BCUT2D eigenvalue weighted by molar-refractivity contribution is -0.131. The molecule has 0 radical (unpaired) electrons. The van der Waals surface area contributed by atoms with E-state index in [0.29, 0.717) is 10.2 Å². The third-order valence-corrected chi connectivity index (χ3v) is 5.02. The van der Waals surface area contributed by atoms with Gasteiger partial charge in [0.15, 0.2) is 12.2 Å². The summed E-state index contributed by atoms with van der Waals surface area (Å²) in [6.07, 6.45) is -1.57. The smallest absolute Gasteiger partial charge is 0.414 e. The van der Waals surface area contributed by atoms with Crippen LogP contribution >= 0.6 is 15.9 Å². The summed E-state index contributed by atoms with van der Waals surface area (Å²) < 4.78 is 12.0. The standard InChI is InChI=1S/C25H20BrNO7/c26-17-11-12-20(28)19(15-17)23(34-25(32)27-24(31)16-7-3-1-4-8-16)21(13-14-22(29)30)33-18-9-5-2-6-10-18/h1-15,21,23,28H,(H,29,30)(H,27,31,32)/b14-13+/t21-,23-/m1/s1. The van der Waals surface area contributed by atoms with Crippen molar-refractivity contribution >= 4 is 33.9 Å². The number of nitrogens with one attached hydrogen (secondary N) is 1. The molecule has 9 heteroatoms. The number of amides is 2. The van der Waals surface area contributed by atoms with Gasteiger partial charge in [-0.2, -0.15) is 0 Å². The monoisotopic (exact) mass is 525 g/mol. The van der Waals surface area contributed by atoms with Gasteiger partial charge >= 0.3 is 12.1 Å². The Morgan fingerprint density at radius 3 is 2.24 bits per heavy atom. The average molecular weight is 526 g/mol. The summed E-state index contributed by atoms with van der Waals surface area (Å²) in [7, 11) is 0. The molecule has 8 nitrogen and oxygen atoms in total. The van der Waals surface area contributed by atoms with E-state index in [-0.39, 0.29) is 16.9 Å². The van der Waals surface area contributed by atoms with Gasteiger partial charge in [0.2, 0.25) is 0 Å². The molecule has 0 fully saturated rings. The molecule has 174 valence electrons. The highest BCUT2D eigenvalue weighted by molar-refractivity contribution is 9.10. The molecule has 0 aliphatic rings. The number of hydrogen-bond acceptors (Lipinski definition) is 6. The van der Waals surface area contributed by atoms with Crippen molar-refractivity contribution in [3.63, 3.8) is 0 Å². The van der Waals surface area contributed by atoms with Crippen molar-refractivity contribution in [2.24, 2.45) is 0 Å². The first-order valence-electron chi connectivity index (χ1n) is 10.0. The number of benzene rings is 3. The first-order chi connectivity index (χ1) is 16.3. The Balaban J connectivity index is 1.95. The fraction of sp³-hybridized carbons (Fsp3) is 0.0800. The lowest BCUT2D eigenvalue weighted by atomic mass is 10.0. The van der Waals surface area contributed by atoms with E-state index in [1.807, 2.05) is 0 Å².